The number of hydrogen-bond donors (Lipinski definition) is 0. The van der Waals surface area contributed by atoms with Crippen molar-refractivity contribution in [3.05, 3.63) is 48.0 Å². The Labute approximate surface area is 150 Å². The molecule has 0 N–H and O–H groups in total. The van der Waals surface area contributed by atoms with Crippen molar-refractivity contribution in [2.45, 2.75) is 29.8 Å². The summed E-state index contributed by atoms with van der Waals surface area (Å²) >= 11 is 1.53. The fourth-order valence-electron chi connectivity index (χ4n) is 3.03. The summed E-state index contributed by atoms with van der Waals surface area (Å²) in [7, 11) is 0. The fraction of sp³-hybridized carbons (Fsp3) is 0.368. The molecule has 25 heavy (non-hydrogen) atoms. The molecule has 0 saturated carbocycles. The van der Waals surface area contributed by atoms with Crippen molar-refractivity contribution in [3.8, 4) is 0 Å². The van der Waals surface area contributed by atoms with E-state index in [0.29, 0.717) is 12.2 Å². The van der Waals surface area contributed by atoms with Crippen LogP contribution in [0.4, 0.5) is 24.5 Å². The van der Waals surface area contributed by atoms with Crippen LogP contribution in [0.15, 0.2) is 52.3 Å². The molecule has 2 nitrogen and oxygen atoms in total. The van der Waals surface area contributed by atoms with Crippen LogP contribution in [0.3, 0.4) is 0 Å². The van der Waals surface area contributed by atoms with Gasteiger partial charge in [-0.2, -0.15) is 13.2 Å². The molecule has 0 fully saturated rings. The highest BCUT2D eigenvalue weighted by molar-refractivity contribution is 7.99. The van der Waals surface area contributed by atoms with Gasteiger partial charge in [0.1, 0.15) is 0 Å². The van der Waals surface area contributed by atoms with Crippen LogP contribution in [0.1, 0.15) is 19.4 Å². The molecule has 0 aromatic heterocycles. The maximum atomic E-state index is 13.2. The minimum Gasteiger partial charge on any atom is -0.338 e. The van der Waals surface area contributed by atoms with E-state index in [1.54, 1.807) is 6.07 Å². The van der Waals surface area contributed by atoms with Gasteiger partial charge in [0, 0.05) is 22.9 Å². The maximum absolute atomic E-state index is 13.2. The zero-order valence-electron chi connectivity index (χ0n) is 14.3. The van der Waals surface area contributed by atoms with E-state index >= 15 is 0 Å². The highest BCUT2D eigenvalue weighted by Gasteiger charge is 2.33. The number of hydrogen-bond acceptors (Lipinski definition) is 3. The first-order valence-electron chi connectivity index (χ1n) is 8.42. The summed E-state index contributed by atoms with van der Waals surface area (Å²) in [6, 6.07) is 11.9. The van der Waals surface area contributed by atoms with E-state index in [0.717, 1.165) is 35.1 Å². The Kier molecular flexibility index (Phi) is 5.29. The molecule has 0 radical (unpaired) electrons. The van der Waals surface area contributed by atoms with Gasteiger partial charge in [-0.1, -0.05) is 37.7 Å². The van der Waals surface area contributed by atoms with Crippen LogP contribution in [0.2, 0.25) is 0 Å². The van der Waals surface area contributed by atoms with Crippen LogP contribution in [0.25, 0.3) is 0 Å². The van der Waals surface area contributed by atoms with E-state index in [2.05, 4.69) is 18.7 Å². The lowest BCUT2D eigenvalue weighted by atomic mass is 10.1. The first kappa shape index (κ1) is 18.1. The van der Waals surface area contributed by atoms with Crippen molar-refractivity contribution in [2.75, 3.05) is 31.1 Å². The molecule has 134 valence electrons. The topological polar surface area (TPSA) is 6.48 Å². The lowest BCUT2D eigenvalue weighted by Crippen LogP contribution is -2.34. The summed E-state index contributed by atoms with van der Waals surface area (Å²) in [5.41, 5.74) is 1.02. The number of alkyl halides is 3. The Morgan fingerprint density at radius 3 is 2.32 bits per heavy atom. The third-order valence-electron chi connectivity index (χ3n) is 4.49. The summed E-state index contributed by atoms with van der Waals surface area (Å²) in [5, 5.41) is 0. The van der Waals surface area contributed by atoms with E-state index in [1.807, 2.05) is 29.2 Å². The third-order valence-corrected chi connectivity index (χ3v) is 5.62. The van der Waals surface area contributed by atoms with E-state index in [1.165, 1.54) is 23.9 Å². The molecule has 2 aromatic rings. The zero-order chi connectivity index (χ0) is 18.0. The van der Waals surface area contributed by atoms with Gasteiger partial charge in [0.05, 0.1) is 16.9 Å². The van der Waals surface area contributed by atoms with Gasteiger partial charge < -0.3 is 9.80 Å². The van der Waals surface area contributed by atoms with Crippen LogP contribution >= 0.6 is 11.8 Å². The second kappa shape index (κ2) is 7.30. The number of rotatable bonds is 5. The van der Waals surface area contributed by atoms with Gasteiger partial charge in [0.25, 0.3) is 0 Å². The minimum atomic E-state index is -4.33. The largest absolute Gasteiger partial charge is 0.416 e. The molecular weight excluding hydrogens is 345 g/mol. The monoisotopic (exact) mass is 366 g/mol. The second-order valence-electron chi connectivity index (χ2n) is 5.93. The SMILES string of the molecule is CCN(CC)CCN1c2ccccc2Sc2ccc(C(F)(F)F)cc21. The Bertz CT molecular complexity index is 742. The molecule has 0 aliphatic carbocycles. The van der Waals surface area contributed by atoms with Crippen molar-refractivity contribution < 1.29 is 13.2 Å². The van der Waals surface area contributed by atoms with Crippen LogP contribution in [-0.2, 0) is 6.18 Å². The Hall–Kier alpha value is -1.66. The molecule has 1 heterocycles. The van der Waals surface area contributed by atoms with Crippen molar-refractivity contribution in [2.24, 2.45) is 0 Å². The predicted molar refractivity (Wildman–Crippen MR) is 96.8 cm³/mol. The van der Waals surface area contributed by atoms with Crippen LogP contribution in [0.5, 0.6) is 0 Å². The Morgan fingerprint density at radius 2 is 1.64 bits per heavy atom. The van der Waals surface area contributed by atoms with Crippen molar-refractivity contribution in [1.29, 1.82) is 0 Å². The molecule has 1 aliphatic rings. The average Bonchev–Trinajstić information content (AvgIpc) is 2.60. The van der Waals surface area contributed by atoms with E-state index < -0.39 is 11.7 Å². The number of fused-ring (bicyclic) bond motifs is 2. The lowest BCUT2D eigenvalue weighted by Gasteiger charge is -2.34. The van der Waals surface area contributed by atoms with Crippen molar-refractivity contribution in [3.63, 3.8) is 0 Å². The molecule has 3 rings (SSSR count). The minimum absolute atomic E-state index is 0.598. The highest BCUT2D eigenvalue weighted by atomic mass is 32.2. The molecule has 0 amide bonds. The van der Waals surface area contributed by atoms with Gasteiger partial charge in [-0.3, -0.25) is 0 Å². The lowest BCUT2D eigenvalue weighted by molar-refractivity contribution is -0.137. The van der Waals surface area contributed by atoms with Crippen LogP contribution in [-0.4, -0.2) is 31.1 Å². The van der Waals surface area contributed by atoms with Crippen LogP contribution in [0, 0.1) is 0 Å². The Morgan fingerprint density at radius 1 is 0.960 bits per heavy atom. The third kappa shape index (κ3) is 3.80. The summed E-state index contributed by atoms with van der Waals surface area (Å²) in [6.07, 6.45) is -4.33. The number of halogens is 3. The Balaban J connectivity index is 2.00. The van der Waals surface area contributed by atoms with E-state index in [4.69, 9.17) is 0 Å². The first-order valence-corrected chi connectivity index (χ1v) is 9.23. The quantitative estimate of drug-likeness (QED) is 0.675. The molecule has 6 heteroatoms. The number of benzene rings is 2. The second-order valence-corrected chi connectivity index (χ2v) is 7.01. The zero-order valence-corrected chi connectivity index (χ0v) is 15.1. The van der Waals surface area contributed by atoms with Crippen molar-refractivity contribution >= 4 is 23.1 Å². The molecule has 0 saturated heterocycles. The molecule has 0 spiro atoms. The first-order chi connectivity index (χ1) is 11.9. The summed E-state index contributed by atoms with van der Waals surface area (Å²) in [6.45, 7) is 7.51. The highest BCUT2D eigenvalue weighted by Crippen LogP contribution is 2.49. The van der Waals surface area contributed by atoms with Gasteiger partial charge >= 0.3 is 6.18 Å². The normalized spacial score (nSPS) is 13.8. The van der Waals surface area contributed by atoms with Crippen LogP contribution < -0.4 is 4.90 Å². The predicted octanol–water partition coefficient (Wildman–Crippen LogP) is 5.65. The summed E-state index contributed by atoms with van der Waals surface area (Å²) in [5.74, 6) is 0. The standard InChI is InChI=1S/C19H21F3N2S/c1-3-23(4-2)11-12-24-15-7-5-6-8-17(15)25-18-10-9-14(13-16(18)24)19(20,21)22/h5-10,13H,3-4,11-12H2,1-2H3. The average molecular weight is 366 g/mol. The van der Waals surface area contributed by atoms with Gasteiger partial charge in [-0.05, 0) is 43.4 Å². The van der Waals surface area contributed by atoms with Crippen molar-refractivity contribution in [1.82, 2.24) is 4.90 Å². The van der Waals surface area contributed by atoms with E-state index in [-0.39, 0.29) is 0 Å². The maximum Gasteiger partial charge on any atom is 0.416 e. The molecule has 0 bridgehead atoms. The van der Waals surface area contributed by atoms with Gasteiger partial charge in [0.15, 0.2) is 0 Å². The number of para-hydroxylation sites is 1. The molecule has 0 atom stereocenters. The molecule has 0 unspecified atom stereocenters. The fourth-order valence-corrected chi connectivity index (χ4v) is 4.10. The number of likely N-dealkylation sites (N-methyl/N-ethyl adjacent to an activating group) is 1. The van der Waals surface area contributed by atoms with Gasteiger partial charge in [0.2, 0.25) is 0 Å². The number of nitrogens with zero attached hydrogens (tertiary/aromatic N) is 2. The molecule has 1 aliphatic heterocycles. The number of anilines is 2. The molecular formula is C19H21F3N2S. The molecule has 2 aromatic carbocycles. The van der Waals surface area contributed by atoms with E-state index in [9.17, 15) is 13.2 Å². The summed E-state index contributed by atoms with van der Waals surface area (Å²) < 4.78 is 39.5. The smallest absolute Gasteiger partial charge is 0.338 e. The summed E-state index contributed by atoms with van der Waals surface area (Å²) in [4.78, 5) is 6.24. The van der Waals surface area contributed by atoms with Gasteiger partial charge in [-0.15, -0.1) is 0 Å². The van der Waals surface area contributed by atoms with Gasteiger partial charge in [-0.25, -0.2) is 0 Å².